The molecule has 0 aromatic heterocycles. The first-order valence-corrected chi connectivity index (χ1v) is 6.42. The van der Waals surface area contributed by atoms with Gasteiger partial charge in [-0.3, -0.25) is 10.1 Å². The Morgan fingerprint density at radius 2 is 2.10 bits per heavy atom. The van der Waals surface area contributed by atoms with Gasteiger partial charge in [0.25, 0.3) is 5.69 Å². The van der Waals surface area contributed by atoms with E-state index in [9.17, 15) is 19.6 Å². The highest BCUT2D eigenvalue weighted by Crippen LogP contribution is 2.22. The Morgan fingerprint density at radius 3 is 2.70 bits per heavy atom. The highest BCUT2D eigenvalue weighted by atomic mass is 19.1. The van der Waals surface area contributed by atoms with Crippen molar-refractivity contribution in [3.8, 4) is 0 Å². The number of nitro groups is 1. The standard InChI is InChI=1S/C13H17FN2O4/c14-11-5-10(6-12(7-11)16(18)19)8-15-13(9-17)1-3-20-4-2-13/h5-7,15,17H,1-4,8-9H2. The third-order valence-electron chi connectivity index (χ3n) is 3.57. The van der Waals surface area contributed by atoms with E-state index in [1.54, 1.807) is 0 Å². The van der Waals surface area contributed by atoms with Crippen LogP contribution in [-0.4, -0.2) is 35.4 Å². The number of ether oxygens (including phenoxy) is 1. The monoisotopic (exact) mass is 284 g/mol. The number of aliphatic hydroxyl groups is 1. The number of rotatable bonds is 5. The van der Waals surface area contributed by atoms with Gasteiger partial charge in [-0.2, -0.15) is 0 Å². The van der Waals surface area contributed by atoms with Crippen LogP contribution in [0, 0.1) is 15.9 Å². The summed E-state index contributed by atoms with van der Waals surface area (Å²) >= 11 is 0. The van der Waals surface area contributed by atoms with E-state index in [2.05, 4.69) is 5.32 Å². The Kier molecular flexibility index (Phi) is 4.64. The fourth-order valence-corrected chi connectivity index (χ4v) is 2.28. The summed E-state index contributed by atoms with van der Waals surface area (Å²) in [7, 11) is 0. The van der Waals surface area contributed by atoms with Gasteiger partial charge in [0.1, 0.15) is 5.82 Å². The molecule has 0 radical (unpaired) electrons. The van der Waals surface area contributed by atoms with Gasteiger partial charge >= 0.3 is 0 Å². The Labute approximate surface area is 115 Å². The third kappa shape index (κ3) is 3.50. The van der Waals surface area contributed by atoms with Crippen LogP contribution in [-0.2, 0) is 11.3 Å². The molecular weight excluding hydrogens is 267 g/mol. The van der Waals surface area contributed by atoms with Crippen molar-refractivity contribution in [2.24, 2.45) is 0 Å². The maximum atomic E-state index is 13.3. The summed E-state index contributed by atoms with van der Waals surface area (Å²) in [5.41, 5.74) is -0.248. The van der Waals surface area contributed by atoms with E-state index in [0.29, 0.717) is 31.6 Å². The molecule has 1 aromatic rings. The molecule has 7 heteroatoms. The molecular formula is C13H17FN2O4. The second-order valence-electron chi connectivity index (χ2n) is 4.98. The van der Waals surface area contributed by atoms with Gasteiger partial charge < -0.3 is 15.2 Å². The van der Waals surface area contributed by atoms with Crippen molar-refractivity contribution in [2.75, 3.05) is 19.8 Å². The summed E-state index contributed by atoms with van der Waals surface area (Å²) in [6.45, 7) is 1.32. The third-order valence-corrected chi connectivity index (χ3v) is 3.57. The van der Waals surface area contributed by atoms with E-state index in [0.717, 1.165) is 6.07 Å². The highest BCUT2D eigenvalue weighted by molar-refractivity contribution is 5.35. The number of non-ortho nitro benzene ring substituents is 1. The van der Waals surface area contributed by atoms with Gasteiger partial charge in [0.2, 0.25) is 0 Å². The van der Waals surface area contributed by atoms with Gasteiger partial charge in [0, 0.05) is 31.4 Å². The largest absolute Gasteiger partial charge is 0.394 e. The van der Waals surface area contributed by atoms with Gasteiger partial charge in [0.05, 0.1) is 17.6 Å². The molecule has 110 valence electrons. The summed E-state index contributed by atoms with van der Waals surface area (Å²) in [6, 6.07) is 3.48. The zero-order chi connectivity index (χ0) is 14.6. The summed E-state index contributed by atoms with van der Waals surface area (Å²) in [6.07, 6.45) is 1.31. The van der Waals surface area contributed by atoms with E-state index in [4.69, 9.17) is 4.74 Å². The second-order valence-corrected chi connectivity index (χ2v) is 4.98. The number of aliphatic hydroxyl groups excluding tert-OH is 1. The molecule has 0 atom stereocenters. The maximum Gasteiger partial charge on any atom is 0.272 e. The zero-order valence-corrected chi connectivity index (χ0v) is 11.0. The van der Waals surface area contributed by atoms with Crippen molar-refractivity contribution < 1.29 is 19.2 Å². The number of hydrogen-bond donors (Lipinski definition) is 2. The predicted molar refractivity (Wildman–Crippen MR) is 69.8 cm³/mol. The van der Waals surface area contributed by atoms with Crippen LogP contribution < -0.4 is 5.32 Å². The van der Waals surface area contributed by atoms with E-state index >= 15 is 0 Å². The lowest BCUT2D eigenvalue weighted by molar-refractivity contribution is -0.385. The normalized spacial score (nSPS) is 17.9. The topological polar surface area (TPSA) is 84.6 Å². The molecule has 6 nitrogen and oxygen atoms in total. The van der Waals surface area contributed by atoms with Crippen LogP contribution in [0.15, 0.2) is 18.2 Å². The molecule has 0 aliphatic carbocycles. The smallest absolute Gasteiger partial charge is 0.272 e. The molecule has 1 saturated heterocycles. The lowest BCUT2D eigenvalue weighted by Gasteiger charge is -2.36. The van der Waals surface area contributed by atoms with E-state index in [1.165, 1.54) is 12.1 Å². The van der Waals surface area contributed by atoms with Crippen molar-refractivity contribution in [3.63, 3.8) is 0 Å². The van der Waals surface area contributed by atoms with Gasteiger partial charge in [-0.1, -0.05) is 0 Å². The average Bonchev–Trinajstić information content (AvgIpc) is 2.45. The lowest BCUT2D eigenvalue weighted by Crippen LogP contribution is -2.51. The maximum absolute atomic E-state index is 13.3. The Morgan fingerprint density at radius 1 is 1.40 bits per heavy atom. The Balaban J connectivity index is 2.07. The molecule has 0 unspecified atom stereocenters. The minimum Gasteiger partial charge on any atom is -0.394 e. The number of nitro benzene ring substituents is 1. The van der Waals surface area contributed by atoms with Crippen LogP contribution in [0.1, 0.15) is 18.4 Å². The fraction of sp³-hybridized carbons (Fsp3) is 0.538. The molecule has 2 rings (SSSR count). The Bertz CT molecular complexity index is 489. The number of nitrogens with zero attached hydrogens (tertiary/aromatic N) is 1. The predicted octanol–water partition coefficient (Wildman–Crippen LogP) is 1.36. The zero-order valence-electron chi connectivity index (χ0n) is 11.0. The number of halogens is 1. The van der Waals surface area contributed by atoms with Gasteiger partial charge in [-0.15, -0.1) is 0 Å². The minimum absolute atomic E-state index is 0.0478. The molecule has 1 aliphatic heterocycles. The first-order chi connectivity index (χ1) is 9.54. The molecule has 1 aliphatic rings. The Hall–Kier alpha value is -1.57. The van der Waals surface area contributed by atoms with Crippen molar-refractivity contribution >= 4 is 5.69 Å². The lowest BCUT2D eigenvalue weighted by atomic mass is 9.90. The van der Waals surface area contributed by atoms with E-state index in [-0.39, 0.29) is 18.8 Å². The summed E-state index contributed by atoms with van der Waals surface area (Å²) in [4.78, 5) is 10.1. The SMILES string of the molecule is O=[N+]([O-])c1cc(F)cc(CNC2(CO)CCOCC2)c1. The first kappa shape index (κ1) is 14.8. The van der Waals surface area contributed by atoms with Gasteiger partial charge in [-0.05, 0) is 24.5 Å². The number of benzene rings is 1. The molecule has 1 aromatic carbocycles. The fourth-order valence-electron chi connectivity index (χ4n) is 2.28. The average molecular weight is 284 g/mol. The number of nitrogens with one attached hydrogen (secondary N) is 1. The van der Waals surface area contributed by atoms with Crippen molar-refractivity contribution in [1.29, 1.82) is 0 Å². The molecule has 0 saturated carbocycles. The van der Waals surface area contributed by atoms with Crippen LogP contribution >= 0.6 is 0 Å². The van der Waals surface area contributed by atoms with Gasteiger partial charge in [0.15, 0.2) is 0 Å². The summed E-state index contributed by atoms with van der Waals surface area (Å²) in [5, 5.41) is 23.4. The van der Waals surface area contributed by atoms with E-state index in [1.807, 2.05) is 0 Å². The van der Waals surface area contributed by atoms with Crippen molar-refractivity contribution in [1.82, 2.24) is 5.32 Å². The highest BCUT2D eigenvalue weighted by Gasteiger charge is 2.31. The minimum atomic E-state index is -0.638. The molecule has 1 heterocycles. The van der Waals surface area contributed by atoms with Gasteiger partial charge in [-0.25, -0.2) is 4.39 Å². The van der Waals surface area contributed by atoms with Crippen LogP contribution in [0.4, 0.5) is 10.1 Å². The van der Waals surface area contributed by atoms with E-state index < -0.39 is 16.3 Å². The molecule has 20 heavy (non-hydrogen) atoms. The molecule has 1 fully saturated rings. The van der Waals surface area contributed by atoms with Crippen molar-refractivity contribution in [3.05, 3.63) is 39.7 Å². The van der Waals surface area contributed by atoms with Crippen LogP contribution in [0.5, 0.6) is 0 Å². The molecule has 2 N–H and O–H groups in total. The first-order valence-electron chi connectivity index (χ1n) is 6.42. The summed E-state index contributed by atoms with van der Waals surface area (Å²) in [5.74, 6) is -0.638. The van der Waals surface area contributed by atoms with Crippen molar-refractivity contribution in [2.45, 2.75) is 24.9 Å². The summed E-state index contributed by atoms with van der Waals surface area (Å²) < 4.78 is 18.6. The van der Waals surface area contributed by atoms with Crippen LogP contribution in [0.3, 0.4) is 0 Å². The van der Waals surface area contributed by atoms with Crippen LogP contribution in [0.2, 0.25) is 0 Å². The quantitative estimate of drug-likeness (QED) is 0.630. The molecule has 0 amide bonds. The second kappa shape index (κ2) is 6.25. The molecule has 0 bridgehead atoms. The molecule has 0 spiro atoms. The number of hydrogen-bond acceptors (Lipinski definition) is 5. The van der Waals surface area contributed by atoms with Crippen LogP contribution in [0.25, 0.3) is 0 Å².